The normalized spacial score (nSPS) is 15.0. The van der Waals surface area contributed by atoms with Crippen LogP contribution in [-0.4, -0.2) is 48.0 Å². The molecule has 1 aromatic carbocycles. The van der Waals surface area contributed by atoms with Crippen molar-refractivity contribution in [3.8, 4) is 22.5 Å². The lowest BCUT2D eigenvalue weighted by Gasteiger charge is -2.17. The molecule has 0 spiro atoms. The maximum atomic E-state index is 4.97. The van der Waals surface area contributed by atoms with Crippen LogP contribution < -0.4 is 5.32 Å². The SMILES string of the molecule is CCn1cc(Nc2ncc3c(n2)-c2c(nn(C)c2-c2ccc(C4=CN(C)CCC(C)=C4)cc2)CC3)cn1. The molecule has 8 heteroatoms. The summed E-state index contributed by atoms with van der Waals surface area (Å²) < 4.78 is 3.87. The first-order valence-corrected chi connectivity index (χ1v) is 12.9. The van der Waals surface area contributed by atoms with Crippen LogP contribution in [-0.2, 0) is 26.4 Å². The van der Waals surface area contributed by atoms with Gasteiger partial charge in [-0.25, -0.2) is 9.97 Å². The van der Waals surface area contributed by atoms with Crippen LogP contribution in [0.2, 0.25) is 0 Å². The molecule has 6 rings (SSSR count). The number of anilines is 2. The molecule has 0 radical (unpaired) electrons. The molecule has 4 aromatic rings. The molecule has 0 amide bonds. The lowest BCUT2D eigenvalue weighted by molar-refractivity contribution is 0.464. The van der Waals surface area contributed by atoms with Crippen molar-refractivity contribution in [1.82, 2.24) is 34.4 Å². The number of aromatic nitrogens is 6. The van der Waals surface area contributed by atoms with Gasteiger partial charge in [0.2, 0.25) is 5.95 Å². The molecule has 0 bridgehead atoms. The van der Waals surface area contributed by atoms with Gasteiger partial charge in [-0.3, -0.25) is 9.36 Å². The fraction of sp³-hybridized carbons (Fsp3) is 0.310. The van der Waals surface area contributed by atoms with E-state index in [-0.39, 0.29) is 0 Å². The summed E-state index contributed by atoms with van der Waals surface area (Å²) in [6.45, 7) is 6.14. The Morgan fingerprint density at radius 2 is 1.81 bits per heavy atom. The molecular weight excluding hydrogens is 460 g/mol. The lowest BCUT2D eigenvalue weighted by Crippen LogP contribution is -2.11. The summed E-state index contributed by atoms with van der Waals surface area (Å²) in [5.41, 5.74) is 11.3. The maximum absolute atomic E-state index is 4.97. The number of hydrogen-bond acceptors (Lipinski definition) is 6. The summed E-state index contributed by atoms with van der Waals surface area (Å²) in [6.07, 6.45) is 13.1. The Bertz CT molecular complexity index is 1520. The first-order chi connectivity index (χ1) is 18.0. The van der Waals surface area contributed by atoms with E-state index in [1.54, 1.807) is 6.20 Å². The van der Waals surface area contributed by atoms with Crippen LogP contribution in [0.5, 0.6) is 0 Å². The minimum Gasteiger partial charge on any atom is -0.380 e. The quantitative estimate of drug-likeness (QED) is 0.411. The third kappa shape index (κ3) is 4.43. The lowest BCUT2D eigenvalue weighted by atomic mass is 9.91. The number of benzene rings is 1. The second-order valence-corrected chi connectivity index (χ2v) is 9.95. The smallest absolute Gasteiger partial charge is 0.227 e. The minimum atomic E-state index is 0.569. The van der Waals surface area contributed by atoms with Gasteiger partial charge in [0.1, 0.15) is 0 Å². The molecule has 0 saturated carbocycles. The van der Waals surface area contributed by atoms with Gasteiger partial charge < -0.3 is 10.2 Å². The Kier molecular flexibility index (Phi) is 5.87. The van der Waals surface area contributed by atoms with Gasteiger partial charge in [0.15, 0.2) is 0 Å². The van der Waals surface area contributed by atoms with E-state index in [1.807, 2.05) is 28.8 Å². The topological polar surface area (TPSA) is 76.7 Å². The Morgan fingerprint density at radius 1 is 1.00 bits per heavy atom. The van der Waals surface area contributed by atoms with Crippen molar-refractivity contribution in [2.75, 3.05) is 18.9 Å². The molecule has 1 N–H and O–H groups in total. The third-order valence-corrected chi connectivity index (χ3v) is 7.18. The molecule has 0 atom stereocenters. The summed E-state index contributed by atoms with van der Waals surface area (Å²) >= 11 is 0. The largest absolute Gasteiger partial charge is 0.380 e. The Balaban J connectivity index is 1.37. The maximum Gasteiger partial charge on any atom is 0.227 e. The summed E-state index contributed by atoms with van der Waals surface area (Å²) in [4.78, 5) is 11.8. The molecule has 4 heterocycles. The highest BCUT2D eigenvalue weighted by Crippen LogP contribution is 2.40. The molecule has 188 valence electrons. The zero-order valence-corrected chi connectivity index (χ0v) is 21.9. The number of nitrogens with one attached hydrogen (secondary N) is 1. The van der Waals surface area contributed by atoms with E-state index in [0.717, 1.165) is 71.8 Å². The van der Waals surface area contributed by atoms with Gasteiger partial charge in [-0.05, 0) is 49.8 Å². The Labute approximate surface area is 217 Å². The highest BCUT2D eigenvalue weighted by atomic mass is 15.3. The van der Waals surface area contributed by atoms with Crippen LogP contribution in [0, 0.1) is 0 Å². The van der Waals surface area contributed by atoms with Crippen molar-refractivity contribution in [2.24, 2.45) is 7.05 Å². The molecule has 0 unspecified atom stereocenters. The van der Waals surface area contributed by atoms with Crippen molar-refractivity contribution in [2.45, 2.75) is 39.7 Å². The molecule has 0 fully saturated rings. The van der Waals surface area contributed by atoms with Crippen molar-refractivity contribution >= 4 is 17.2 Å². The van der Waals surface area contributed by atoms with Gasteiger partial charge >= 0.3 is 0 Å². The van der Waals surface area contributed by atoms with Crippen molar-refractivity contribution < 1.29 is 0 Å². The van der Waals surface area contributed by atoms with Gasteiger partial charge in [-0.1, -0.05) is 35.9 Å². The van der Waals surface area contributed by atoms with Crippen LogP contribution in [0.15, 0.2) is 60.7 Å². The van der Waals surface area contributed by atoms with E-state index < -0.39 is 0 Å². The number of rotatable bonds is 5. The fourth-order valence-electron chi connectivity index (χ4n) is 5.19. The van der Waals surface area contributed by atoms with E-state index in [0.29, 0.717) is 5.95 Å². The summed E-state index contributed by atoms with van der Waals surface area (Å²) in [5.74, 6) is 0.569. The third-order valence-electron chi connectivity index (χ3n) is 7.18. The standard InChI is InChI=1S/C29H32N8/c1-5-37-18-24(16-31-37)32-29-30-15-22-10-11-25-26(27(22)33-29)28(36(4)34-25)21-8-6-20(7-9-21)23-14-19(2)12-13-35(3)17-23/h6-9,14-18H,5,10-13H2,1-4H3,(H,30,32,33). The second-order valence-electron chi connectivity index (χ2n) is 9.95. The van der Waals surface area contributed by atoms with Gasteiger partial charge in [-0.15, -0.1) is 0 Å². The van der Waals surface area contributed by atoms with Crippen LogP contribution in [0.1, 0.15) is 37.1 Å². The van der Waals surface area contributed by atoms with Crippen LogP contribution >= 0.6 is 0 Å². The highest BCUT2D eigenvalue weighted by Gasteiger charge is 2.27. The summed E-state index contributed by atoms with van der Waals surface area (Å²) in [5, 5.41) is 12.5. The highest BCUT2D eigenvalue weighted by molar-refractivity contribution is 5.85. The van der Waals surface area contributed by atoms with E-state index in [4.69, 9.17) is 10.1 Å². The first-order valence-electron chi connectivity index (χ1n) is 12.9. The molecule has 37 heavy (non-hydrogen) atoms. The van der Waals surface area contributed by atoms with Crippen molar-refractivity contribution in [1.29, 1.82) is 0 Å². The van der Waals surface area contributed by atoms with Crippen molar-refractivity contribution in [3.05, 3.63) is 77.5 Å². The minimum absolute atomic E-state index is 0.569. The van der Waals surface area contributed by atoms with Crippen LogP contribution in [0.4, 0.5) is 11.6 Å². The zero-order valence-electron chi connectivity index (χ0n) is 21.9. The van der Waals surface area contributed by atoms with Crippen molar-refractivity contribution in [3.63, 3.8) is 0 Å². The van der Waals surface area contributed by atoms with Gasteiger partial charge in [-0.2, -0.15) is 10.2 Å². The molecule has 1 aliphatic heterocycles. The molecule has 3 aromatic heterocycles. The average molecular weight is 493 g/mol. The second kappa shape index (κ2) is 9.35. The number of allylic oxidation sites excluding steroid dienone is 2. The molecule has 1 aliphatic carbocycles. The van der Waals surface area contributed by atoms with E-state index in [2.05, 4.69) is 77.7 Å². The van der Waals surface area contributed by atoms with E-state index >= 15 is 0 Å². The number of nitrogens with zero attached hydrogens (tertiary/aromatic N) is 7. The molecule has 2 aliphatic rings. The molecule has 8 nitrogen and oxygen atoms in total. The average Bonchev–Trinajstić information content (AvgIpc) is 3.45. The fourth-order valence-corrected chi connectivity index (χ4v) is 5.19. The summed E-state index contributed by atoms with van der Waals surface area (Å²) in [7, 11) is 4.16. The van der Waals surface area contributed by atoms with E-state index in [1.165, 1.54) is 16.7 Å². The molecule has 0 saturated heterocycles. The number of fused-ring (bicyclic) bond motifs is 3. The molecular formula is C29H32N8. The van der Waals surface area contributed by atoms with Gasteiger partial charge in [0, 0.05) is 56.9 Å². The predicted molar refractivity (Wildman–Crippen MR) is 147 cm³/mol. The number of hydrogen-bond donors (Lipinski definition) is 1. The Morgan fingerprint density at radius 3 is 2.59 bits per heavy atom. The van der Waals surface area contributed by atoms with Gasteiger partial charge in [0.05, 0.1) is 29.0 Å². The monoisotopic (exact) mass is 492 g/mol. The van der Waals surface area contributed by atoms with Crippen LogP contribution in [0.3, 0.4) is 0 Å². The Hall–Kier alpha value is -4.20. The zero-order chi connectivity index (χ0) is 25.5. The predicted octanol–water partition coefficient (Wildman–Crippen LogP) is 5.23. The summed E-state index contributed by atoms with van der Waals surface area (Å²) in [6, 6.07) is 8.84. The van der Waals surface area contributed by atoms with Crippen LogP contribution in [0.25, 0.3) is 28.1 Å². The van der Waals surface area contributed by atoms with Gasteiger partial charge in [0.25, 0.3) is 0 Å². The van der Waals surface area contributed by atoms with E-state index in [9.17, 15) is 0 Å². The first kappa shape index (κ1) is 23.2. The number of aryl methyl sites for hydroxylation is 4.